The minimum absolute atomic E-state index is 0.171. The predicted octanol–water partition coefficient (Wildman–Crippen LogP) is 3.99. The summed E-state index contributed by atoms with van der Waals surface area (Å²) in [5.74, 6) is -0.0825. The Bertz CT molecular complexity index is 1460. The molecule has 2 aliphatic rings. The fraction of sp³-hybridized carbons (Fsp3) is 0.407. The first-order chi connectivity index (χ1) is 17.3. The molecule has 2 fully saturated rings. The molecule has 2 N–H and O–H groups in total. The van der Waals surface area contributed by atoms with E-state index in [0.717, 1.165) is 59.8 Å². The summed E-state index contributed by atoms with van der Waals surface area (Å²) in [5, 5.41) is 22.7. The molecule has 2 saturated heterocycles. The van der Waals surface area contributed by atoms with Crippen LogP contribution in [0.4, 0.5) is 11.6 Å². The van der Waals surface area contributed by atoms with Gasteiger partial charge in [-0.1, -0.05) is 18.2 Å². The number of carboxylic acids is 1. The van der Waals surface area contributed by atoms with Crippen LogP contribution in [0, 0.1) is 12.3 Å². The van der Waals surface area contributed by atoms with Crippen molar-refractivity contribution in [3.05, 3.63) is 59.4 Å². The van der Waals surface area contributed by atoms with Crippen molar-refractivity contribution in [2.75, 3.05) is 43.4 Å². The molecule has 0 aliphatic carbocycles. The standard InChI is InChI=1S/C27H31N7O2/c1-17-12-20(18(2)29-22-7-5-4-6-19(22)25(35)36)23-21(13-17)24-31-28-16-34(24)26(30-23)33-14-27(15-33)8-10-32(3)11-9-27/h4-7,12-13,16,18,29H,8-11,14-15H2,1-3H3,(H,35,36)/t18-/m1/s1. The third-order valence-electron chi connectivity index (χ3n) is 7.88. The maximum atomic E-state index is 11.7. The van der Waals surface area contributed by atoms with Crippen LogP contribution < -0.4 is 10.2 Å². The molecular weight excluding hydrogens is 454 g/mol. The van der Waals surface area contributed by atoms with E-state index in [2.05, 4.69) is 51.4 Å². The number of carbonyl (C=O) groups is 1. The molecule has 4 aromatic rings. The van der Waals surface area contributed by atoms with Gasteiger partial charge in [-0.25, -0.2) is 9.78 Å². The number of aromatic nitrogens is 4. The van der Waals surface area contributed by atoms with Crippen molar-refractivity contribution >= 4 is 34.2 Å². The Labute approximate surface area is 209 Å². The van der Waals surface area contributed by atoms with Crippen molar-refractivity contribution in [3.63, 3.8) is 0 Å². The molecule has 36 heavy (non-hydrogen) atoms. The van der Waals surface area contributed by atoms with Gasteiger partial charge in [0.1, 0.15) is 6.33 Å². The zero-order valence-corrected chi connectivity index (χ0v) is 20.9. The number of nitrogens with one attached hydrogen (secondary N) is 1. The number of benzene rings is 2. The topological polar surface area (TPSA) is 98.9 Å². The average molecular weight is 486 g/mol. The van der Waals surface area contributed by atoms with Gasteiger partial charge in [-0.2, -0.15) is 0 Å². The summed E-state index contributed by atoms with van der Waals surface area (Å²) in [5.41, 5.74) is 4.96. The van der Waals surface area contributed by atoms with Gasteiger partial charge in [0, 0.05) is 35.1 Å². The van der Waals surface area contributed by atoms with E-state index in [1.54, 1.807) is 24.5 Å². The van der Waals surface area contributed by atoms with E-state index in [9.17, 15) is 9.90 Å². The van der Waals surface area contributed by atoms with Crippen LogP contribution in [0.3, 0.4) is 0 Å². The maximum Gasteiger partial charge on any atom is 0.337 e. The minimum atomic E-state index is -0.953. The Morgan fingerprint density at radius 1 is 1.17 bits per heavy atom. The largest absolute Gasteiger partial charge is 0.478 e. The number of nitrogens with zero attached hydrogens (tertiary/aromatic N) is 6. The molecule has 2 aromatic carbocycles. The zero-order chi connectivity index (χ0) is 25.0. The number of fused-ring (bicyclic) bond motifs is 3. The van der Waals surface area contributed by atoms with Gasteiger partial charge >= 0.3 is 5.97 Å². The first-order valence-electron chi connectivity index (χ1n) is 12.5. The summed E-state index contributed by atoms with van der Waals surface area (Å²) in [6.45, 7) is 8.37. The number of hydrogen-bond acceptors (Lipinski definition) is 7. The van der Waals surface area contributed by atoms with Crippen molar-refractivity contribution in [2.45, 2.75) is 32.7 Å². The Morgan fingerprint density at radius 2 is 1.92 bits per heavy atom. The van der Waals surface area contributed by atoms with Crippen LogP contribution >= 0.6 is 0 Å². The Balaban J connectivity index is 1.40. The van der Waals surface area contributed by atoms with Crippen molar-refractivity contribution in [1.82, 2.24) is 24.5 Å². The lowest BCUT2D eigenvalue weighted by Gasteiger charge is -2.54. The lowest BCUT2D eigenvalue weighted by atomic mass is 9.72. The summed E-state index contributed by atoms with van der Waals surface area (Å²) < 4.78 is 2.01. The monoisotopic (exact) mass is 485 g/mol. The van der Waals surface area contributed by atoms with Crippen molar-refractivity contribution < 1.29 is 9.90 Å². The summed E-state index contributed by atoms with van der Waals surface area (Å²) in [6.07, 6.45) is 4.18. The van der Waals surface area contributed by atoms with E-state index in [1.807, 2.05) is 17.4 Å². The van der Waals surface area contributed by atoms with Crippen LogP contribution in [0.2, 0.25) is 0 Å². The number of carboxylic acid groups (broad SMARTS) is 1. The first-order valence-corrected chi connectivity index (χ1v) is 12.5. The molecule has 0 unspecified atom stereocenters. The fourth-order valence-electron chi connectivity index (χ4n) is 5.79. The number of anilines is 2. The van der Waals surface area contributed by atoms with E-state index in [1.165, 1.54) is 12.8 Å². The van der Waals surface area contributed by atoms with Gasteiger partial charge in [0.05, 0.1) is 17.1 Å². The van der Waals surface area contributed by atoms with Crippen LogP contribution in [0.5, 0.6) is 0 Å². The molecule has 186 valence electrons. The molecule has 1 atom stereocenters. The molecule has 0 saturated carbocycles. The highest BCUT2D eigenvalue weighted by Crippen LogP contribution is 2.42. The molecule has 2 aliphatic heterocycles. The summed E-state index contributed by atoms with van der Waals surface area (Å²) >= 11 is 0. The van der Waals surface area contributed by atoms with Crippen LogP contribution in [0.25, 0.3) is 16.6 Å². The minimum Gasteiger partial charge on any atom is -0.478 e. The summed E-state index contributed by atoms with van der Waals surface area (Å²) in [6, 6.07) is 11.1. The first kappa shape index (κ1) is 22.7. The van der Waals surface area contributed by atoms with E-state index in [4.69, 9.17) is 4.98 Å². The Hall–Kier alpha value is -3.72. The van der Waals surface area contributed by atoms with Crippen LogP contribution in [0.1, 0.15) is 47.3 Å². The molecule has 9 heteroatoms. The molecule has 0 amide bonds. The Kier molecular flexibility index (Phi) is 5.33. The van der Waals surface area contributed by atoms with E-state index < -0.39 is 5.97 Å². The molecule has 6 rings (SSSR count). The van der Waals surface area contributed by atoms with E-state index in [0.29, 0.717) is 11.1 Å². The van der Waals surface area contributed by atoms with Crippen molar-refractivity contribution in [3.8, 4) is 0 Å². The molecule has 4 heterocycles. The van der Waals surface area contributed by atoms with Gasteiger partial charge in [0.25, 0.3) is 0 Å². The number of aromatic carboxylic acids is 1. The molecule has 1 spiro atoms. The van der Waals surface area contributed by atoms with Crippen LogP contribution in [0.15, 0.2) is 42.7 Å². The number of rotatable bonds is 5. The second-order valence-electron chi connectivity index (χ2n) is 10.6. The molecule has 0 bridgehead atoms. The van der Waals surface area contributed by atoms with Gasteiger partial charge in [0.15, 0.2) is 5.65 Å². The number of piperidine rings is 1. The summed E-state index contributed by atoms with van der Waals surface area (Å²) in [4.78, 5) is 21.7. The summed E-state index contributed by atoms with van der Waals surface area (Å²) in [7, 11) is 2.20. The highest BCUT2D eigenvalue weighted by molar-refractivity contribution is 5.96. The van der Waals surface area contributed by atoms with Gasteiger partial charge in [-0.15, -0.1) is 10.2 Å². The predicted molar refractivity (Wildman–Crippen MR) is 140 cm³/mol. The maximum absolute atomic E-state index is 11.7. The highest BCUT2D eigenvalue weighted by atomic mass is 16.4. The fourth-order valence-corrected chi connectivity index (χ4v) is 5.79. The lowest BCUT2D eigenvalue weighted by molar-refractivity contribution is 0.0698. The van der Waals surface area contributed by atoms with Gasteiger partial charge < -0.3 is 20.2 Å². The van der Waals surface area contributed by atoms with Gasteiger partial charge in [-0.3, -0.25) is 4.40 Å². The van der Waals surface area contributed by atoms with E-state index >= 15 is 0 Å². The molecule has 9 nitrogen and oxygen atoms in total. The quantitative estimate of drug-likeness (QED) is 0.438. The SMILES string of the molecule is Cc1cc([C@@H](C)Nc2ccccc2C(=O)O)c2nc(N3CC4(CCN(C)CC4)C3)n3cnnc3c2c1. The zero-order valence-electron chi connectivity index (χ0n) is 20.9. The van der Waals surface area contributed by atoms with Gasteiger partial charge in [-0.05, 0) is 70.6 Å². The van der Waals surface area contributed by atoms with Crippen LogP contribution in [-0.4, -0.2) is 68.8 Å². The molecule has 2 aromatic heterocycles. The third kappa shape index (κ3) is 3.74. The normalized spacial score (nSPS) is 18.5. The highest BCUT2D eigenvalue weighted by Gasteiger charge is 2.45. The second kappa shape index (κ2) is 8.44. The number of aryl methyl sites for hydroxylation is 1. The van der Waals surface area contributed by atoms with Gasteiger partial charge in [0.2, 0.25) is 5.95 Å². The van der Waals surface area contributed by atoms with E-state index in [-0.39, 0.29) is 11.6 Å². The molecule has 0 radical (unpaired) electrons. The van der Waals surface area contributed by atoms with Crippen LogP contribution in [-0.2, 0) is 0 Å². The molecular formula is C27H31N7O2. The third-order valence-corrected chi connectivity index (χ3v) is 7.88. The number of para-hydroxylation sites is 1. The van der Waals surface area contributed by atoms with Crippen molar-refractivity contribution in [1.29, 1.82) is 0 Å². The van der Waals surface area contributed by atoms with Crippen molar-refractivity contribution in [2.24, 2.45) is 5.41 Å². The average Bonchev–Trinajstić information content (AvgIpc) is 3.33. The second-order valence-corrected chi connectivity index (χ2v) is 10.6. The number of hydrogen-bond donors (Lipinski definition) is 2. The lowest BCUT2D eigenvalue weighted by Crippen LogP contribution is -2.60. The number of likely N-dealkylation sites (tertiary alicyclic amines) is 1. The Morgan fingerprint density at radius 3 is 2.67 bits per heavy atom. The smallest absolute Gasteiger partial charge is 0.337 e.